The second kappa shape index (κ2) is 2.54. The third kappa shape index (κ3) is 0.991. The minimum Gasteiger partial charge on any atom is -0.197 e. The SMILES string of the molecule is CC1=C(C)C(C)=C(C)[C]1C#N. The molecule has 0 fully saturated rings. The Kier molecular flexibility index (Phi) is 1.87. The summed E-state index contributed by atoms with van der Waals surface area (Å²) in [4.78, 5) is 0. The van der Waals surface area contributed by atoms with E-state index >= 15 is 0 Å². The quantitative estimate of drug-likeness (QED) is 0.515. The predicted molar refractivity (Wildman–Crippen MR) is 45.6 cm³/mol. The fraction of sp³-hybridized carbons (Fsp3) is 0.400. The van der Waals surface area contributed by atoms with Gasteiger partial charge in [0.2, 0.25) is 0 Å². The molecule has 1 heteroatoms. The second-order valence-electron chi connectivity index (χ2n) is 2.99. The van der Waals surface area contributed by atoms with E-state index in [9.17, 15) is 0 Å². The van der Waals surface area contributed by atoms with E-state index < -0.39 is 0 Å². The van der Waals surface area contributed by atoms with Gasteiger partial charge in [0.15, 0.2) is 0 Å². The summed E-state index contributed by atoms with van der Waals surface area (Å²) in [7, 11) is 0. The second-order valence-corrected chi connectivity index (χ2v) is 2.99. The van der Waals surface area contributed by atoms with Crippen molar-refractivity contribution in [3.63, 3.8) is 0 Å². The van der Waals surface area contributed by atoms with Crippen LogP contribution in [0.2, 0.25) is 0 Å². The van der Waals surface area contributed by atoms with Crippen LogP contribution in [0.3, 0.4) is 0 Å². The smallest absolute Gasteiger partial charge is 0.126 e. The molecule has 57 valence electrons. The number of nitriles is 1. The molecule has 0 N–H and O–H groups in total. The Morgan fingerprint density at radius 2 is 1.18 bits per heavy atom. The van der Waals surface area contributed by atoms with Crippen LogP contribution in [-0.4, -0.2) is 0 Å². The Morgan fingerprint density at radius 1 is 0.818 bits per heavy atom. The van der Waals surface area contributed by atoms with Gasteiger partial charge in [0.05, 0.1) is 6.07 Å². The Morgan fingerprint density at radius 3 is 1.36 bits per heavy atom. The first-order valence-electron chi connectivity index (χ1n) is 3.72. The van der Waals surface area contributed by atoms with E-state index in [0.717, 1.165) is 17.1 Å². The summed E-state index contributed by atoms with van der Waals surface area (Å²) in [5.74, 6) is 0.861. The molecule has 0 saturated carbocycles. The maximum absolute atomic E-state index is 8.79. The summed E-state index contributed by atoms with van der Waals surface area (Å²) < 4.78 is 0. The van der Waals surface area contributed by atoms with Crippen molar-refractivity contribution in [3.05, 3.63) is 28.2 Å². The number of allylic oxidation sites excluding steroid dienone is 4. The zero-order valence-electron chi connectivity index (χ0n) is 7.45. The standard InChI is InChI=1S/C10H12N/c1-6-7(2)9(4)10(5-11)8(6)3/h1-4H3. The van der Waals surface area contributed by atoms with Gasteiger partial charge in [-0.25, -0.2) is 0 Å². The normalized spacial score (nSPS) is 19.5. The molecule has 0 amide bonds. The maximum Gasteiger partial charge on any atom is 0.126 e. The van der Waals surface area contributed by atoms with Crippen LogP contribution in [-0.2, 0) is 0 Å². The van der Waals surface area contributed by atoms with E-state index in [1.165, 1.54) is 11.1 Å². The van der Waals surface area contributed by atoms with Crippen LogP contribution < -0.4 is 0 Å². The van der Waals surface area contributed by atoms with E-state index in [1.54, 1.807) is 0 Å². The molecule has 11 heavy (non-hydrogen) atoms. The van der Waals surface area contributed by atoms with E-state index in [4.69, 9.17) is 5.26 Å². The summed E-state index contributed by atoms with van der Waals surface area (Å²) in [5, 5.41) is 8.79. The molecule has 0 spiro atoms. The molecular formula is C10H12N. The van der Waals surface area contributed by atoms with Gasteiger partial charge in [-0.05, 0) is 50.0 Å². The molecule has 1 aliphatic rings. The first-order valence-corrected chi connectivity index (χ1v) is 3.72. The lowest BCUT2D eigenvalue weighted by atomic mass is 9.99. The topological polar surface area (TPSA) is 23.8 Å². The van der Waals surface area contributed by atoms with E-state index in [1.807, 2.05) is 13.8 Å². The molecule has 0 heterocycles. The highest BCUT2D eigenvalue weighted by Gasteiger charge is 2.24. The van der Waals surface area contributed by atoms with Gasteiger partial charge in [-0.1, -0.05) is 0 Å². The van der Waals surface area contributed by atoms with Gasteiger partial charge in [-0.2, -0.15) is 5.26 Å². The summed E-state index contributed by atoms with van der Waals surface area (Å²) in [6, 6.07) is 2.23. The molecule has 1 aliphatic carbocycles. The zero-order chi connectivity index (χ0) is 8.59. The average molecular weight is 146 g/mol. The van der Waals surface area contributed by atoms with Crippen LogP contribution in [0.25, 0.3) is 0 Å². The Hall–Kier alpha value is -1.03. The van der Waals surface area contributed by atoms with Crippen molar-refractivity contribution >= 4 is 0 Å². The van der Waals surface area contributed by atoms with E-state index in [0.29, 0.717) is 0 Å². The van der Waals surface area contributed by atoms with Crippen molar-refractivity contribution in [2.45, 2.75) is 27.7 Å². The Balaban J connectivity index is 3.17. The number of nitrogens with zero attached hydrogens (tertiary/aromatic N) is 1. The highest BCUT2D eigenvalue weighted by atomic mass is 14.3. The van der Waals surface area contributed by atoms with Gasteiger partial charge in [-0.3, -0.25) is 0 Å². The molecule has 1 rings (SSSR count). The maximum atomic E-state index is 8.79. The highest BCUT2D eigenvalue weighted by Crippen LogP contribution is 2.37. The minimum atomic E-state index is 0.861. The first-order chi connectivity index (χ1) is 5.09. The largest absolute Gasteiger partial charge is 0.197 e. The zero-order valence-corrected chi connectivity index (χ0v) is 7.45. The summed E-state index contributed by atoms with van der Waals surface area (Å²) >= 11 is 0. The van der Waals surface area contributed by atoms with Crippen LogP contribution in [0.5, 0.6) is 0 Å². The lowest BCUT2D eigenvalue weighted by molar-refractivity contribution is 1.22. The fourth-order valence-electron chi connectivity index (χ4n) is 1.39. The molecule has 0 aromatic rings. The van der Waals surface area contributed by atoms with Gasteiger partial charge in [0, 0.05) is 0 Å². The van der Waals surface area contributed by atoms with Crippen molar-refractivity contribution in [2.24, 2.45) is 0 Å². The third-order valence-electron chi connectivity index (χ3n) is 2.55. The molecular weight excluding hydrogens is 134 g/mol. The first kappa shape index (κ1) is 8.07. The van der Waals surface area contributed by atoms with Crippen molar-refractivity contribution in [1.29, 1.82) is 5.26 Å². The third-order valence-corrected chi connectivity index (χ3v) is 2.55. The van der Waals surface area contributed by atoms with Crippen molar-refractivity contribution in [1.82, 2.24) is 0 Å². The van der Waals surface area contributed by atoms with E-state index in [-0.39, 0.29) is 0 Å². The van der Waals surface area contributed by atoms with Gasteiger partial charge >= 0.3 is 0 Å². The van der Waals surface area contributed by atoms with Gasteiger partial charge in [0.1, 0.15) is 5.92 Å². The molecule has 1 radical (unpaired) electrons. The van der Waals surface area contributed by atoms with Crippen LogP contribution in [0.1, 0.15) is 27.7 Å². The predicted octanol–water partition coefficient (Wildman–Crippen LogP) is 2.77. The van der Waals surface area contributed by atoms with Crippen LogP contribution in [0, 0.1) is 17.2 Å². The summed E-state index contributed by atoms with van der Waals surface area (Å²) in [6.45, 7) is 8.15. The number of rotatable bonds is 0. The molecule has 0 bridgehead atoms. The number of hydrogen-bond donors (Lipinski definition) is 0. The van der Waals surface area contributed by atoms with Gasteiger partial charge < -0.3 is 0 Å². The summed E-state index contributed by atoms with van der Waals surface area (Å²) in [6.07, 6.45) is 0. The van der Waals surface area contributed by atoms with E-state index in [2.05, 4.69) is 19.9 Å². The summed E-state index contributed by atoms with van der Waals surface area (Å²) in [5.41, 5.74) is 4.81. The van der Waals surface area contributed by atoms with Crippen molar-refractivity contribution in [3.8, 4) is 6.07 Å². The molecule has 0 aromatic carbocycles. The van der Waals surface area contributed by atoms with Crippen molar-refractivity contribution < 1.29 is 0 Å². The minimum absolute atomic E-state index is 0.861. The molecule has 0 atom stereocenters. The molecule has 0 aliphatic heterocycles. The molecule has 0 saturated heterocycles. The monoisotopic (exact) mass is 146 g/mol. The van der Waals surface area contributed by atoms with Crippen molar-refractivity contribution in [2.75, 3.05) is 0 Å². The fourth-order valence-corrected chi connectivity index (χ4v) is 1.39. The van der Waals surface area contributed by atoms with Crippen LogP contribution in [0.15, 0.2) is 22.3 Å². The van der Waals surface area contributed by atoms with Gasteiger partial charge in [0.25, 0.3) is 0 Å². The lowest BCUT2D eigenvalue weighted by Gasteiger charge is -2.00. The molecule has 0 unspecified atom stereocenters. The van der Waals surface area contributed by atoms with Crippen LogP contribution >= 0.6 is 0 Å². The van der Waals surface area contributed by atoms with Gasteiger partial charge in [-0.15, -0.1) is 0 Å². The molecule has 0 aromatic heterocycles. The lowest BCUT2D eigenvalue weighted by Crippen LogP contribution is -1.92. The highest BCUT2D eigenvalue weighted by molar-refractivity contribution is 5.62. The average Bonchev–Trinajstić information content (AvgIpc) is 2.17. The Bertz CT molecular complexity index is 262. The molecule has 1 nitrogen and oxygen atoms in total. The Labute approximate surface area is 68.0 Å². The van der Waals surface area contributed by atoms with Crippen LogP contribution in [0.4, 0.5) is 0 Å². The number of hydrogen-bond acceptors (Lipinski definition) is 1.